The third kappa shape index (κ3) is 8.81. The fraction of sp³-hybridized carbons (Fsp3) is 0.429. The van der Waals surface area contributed by atoms with Gasteiger partial charge in [-0.1, -0.05) is 0 Å². The largest absolute Gasteiger partial charge is 0.356 e. The molecule has 0 aliphatic carbocycles. The van der Waals surface area contributed by atoms with E-state index in [9.17, 15) is 9.18 Å². The van der Waals surface area contributed by atoms with E-state index in [1.165, 1.54) is 28.8 Å². The molecule has 0 saturated carbocycles. The maximum absolute atomic E-state index is 12.7. The minimum absolute atomic E-state index is 0.142. The Balaban J connectivity index is 2.10. The van der Waals surface area contributed by atoms with Gasteiger partial charge in [0.1, 0.15) is 5.82 Å². The Bertz CT molecular complexity index is 482. The molecular formula is C14H22FN4OS2+. The summed E-state index contributed by atoms with van der Waals surface area (Å²) in [5.74, 6) is 0.212. The van der Waals surface area contributed by atoms with E-state index in [2.05, 4.69) is 30.3 Å². The number of thiocarbonyl (C=S) groups is 1. The van der Waals surface area contributed by atoms with Crippen molar-refractivity contribution in [3.63, 3.8) is 0 Å². The molecule has 22 heavy (non-hydrogen) atoms. The van der Waals surface area contributed by atoms with Gasteiger partial charge >= 0.3 is 0 Å². The van der Waals surface area contributed by atoms with Gasteiger partial charge in [0.15, 0.2) is 5.11 Å². The van der Waals surface area contributed by atoms with Crippen LogP contribution in [-0.4, -0.2) is 44.0 Å². The Morgan fingerprint density at radius 1 is 1.27 bits per heavy atom. The topological polar surface area (TPSA) is 57.6 Å². The molecule has 1 amide bonds. The van der Waals surface area contributed by atoms with Gasteiger partial charge in [0.2, 0.25) is 5.91 Å². The van der Waals surface area contributed by atoms with Crippen LogP contribution in [0.3, 0.4) is 0 Å². The van der Waals surface area contributed by atoms with E-state index in [0.29, 0.717) is 17.3 Å². The maximum Gasteiger partial charge on any atom is 0.239 e. The van der Waals surface area contributed by atoms with Crippen molar-refractivity contribution in [1.29, 1.82) is 0 Å². The van der Waals surface area contributed by atoms with Crippen molar-refractivity contribution >= 4 is 35.0 Å². The normalized spacial score (nSPS) is 10.4. The van der Waals surface area contributed by atoms with Gasteiger partial charge in [-0.25, -0.2) is 4.39 Å². The van der Waals surface area contributed by atoms with Gasteiger partial charge in [-0.3, -0.25) is 15.6 Å². The van der Waals surface area contributed by atoms with Gasteiger partial charge in [0, 0.05) is 17.1 Å². The second kappa shape index (κ2) is 10.4. The third-order valence-corrected chi connectivity index (χ3v) is 3.90. The predicted octanol–water partition coefficient (Wildman–Crippen LogP) is -0.0523. The number of hydrogen-bond acceptors (Lipinski definition) is 3. The van der Waals surface area contributed by atoms with Crippen molar-refractivity contribution < 1.29 is 14.1 Å². The zero-order valence-corrected chi connectivity index (χ0v) is 14.4. The van der Waals surface area contributed by atoms with E-state index < -0.39 is 0 Å². The van der Waals surface area contributed by atoms with Gasteiger partial charge in [-0.15, -0.1) is 11.8 Å². The fourth-order valence-electron chi connectivity index (χ4n) is 1.45. The number of amides is 1. The van der Waals surface area contributed by atoms with E-state index in [-0.39, 0.29) is 11.7 Å². The quantitative estimate of drug-likeness (QED) is 0.317. The number of nitrogens with one attached hydrogen (secondary N) is 4. The minimum atomic E-state index is -0.261. The molecule has 122 valence electrons. The van der Waals surface area contributed by atoms with Crippen molar-refractivity contribution in [2.24, 2.45) is 0 Å². The first-order chi connectivity index (χ1) is 10.5. The van der Waals surface area contributed by atoms with Crippen molar-refractivity contribution in [1.82, 2.24) is 16.2 Å². The molecule has 8 heteroatoms. The lowest BCUT2D eigenvalue weighted by molar-refractivity contribution is -0.856. The highest BCUT2D eigenvalue weighted by molar-refractivity contribution is 7.99. The number of carbonyl (C=O) groups is 1. The van der Waals surface area contributed by atoms with E-state index in [0.717, 1.165) is 18.0 Å². The molecule has 0 fully saturated rings. The molecule has 1 aromatic carbocycles. The number of hydrogen-bond donors (Lipinski definition) is 4. The Morgan fingerprint density at radius 2 is 1.95 bits per heavy atom. The summed E-state index contributed by atoms with van der Waals surface area (Å²) >= 11 is 6.54. The van der Waals surface area contributed by atoms with Crippen LogP contribution >= 0.6 is 24.0 Å². The van der Waals surface area contributed by atoms with Gasteiger partial charge < -0.3 is 10.2 Å². The lowest BCUT2D eigenvalue weighted by atomic mass is 10.4. The molecule has 0 heterocycles. The SMILES string of the molecule is C[NH+](C)CCNC(=S)NNC(=O)CCSc1ccc(F)cc1. The molecule has 0 aliphatic heterocycles. The summed E-state index contributed by atoms with van der Waals surface area (Å²) in [7, 11) is 4.11. The van der Waals surface area contributed by atoms with Crippen molar-refractivity contribution in [3.05, 3.63) is 30.1 Å². The number of rotatable bonds is 7. The molecule has 0 spiro atoms. The summed E-state index contributed by atoms with van der Waals surface area (Å²) < 4.78 is 12.7. The van der Waals surface area contributed by atoms with Crippen LogP contribution in [0, 0.1) is 5.82 Å². The molecule has 4 N–H and O–H groups in total. The molecule has 0 saturated heterocycles. The number of likely N-dealkylation sites (N-methyl/N-ethyl adjacent to an activating group) is 1. The Kier molecular flexibility index (Phi) is 8.79. The highest BCUT2D eigenvalue weighted by atomic mass is 32.2. The second-order valence-electron chi connectivity index (χ2n) is 4.94. The molecule has 1 rings (SSSR count). The van der Waals surface area contributed by atoms with Gasteiger partial charge in [-0.05, 0) is 36.5 Å². The molecule has 0 radical (unpaired) electrons. The zero-order chi connectivity index (χ0) is 16.4. The maximum atomic E-state index is 12.7. The van der Waals surface area contributed by atoms with Crippen LogP contribution in [0.25, 0.3) is 0 Å². The molecule has 0 bridgehead atoms. The highest BCUT2D eigenvalue weighted by Crippen LogP contribution is 2.18. The third-order valence-electron chi connectivity index (χ3n) is 2.64. The Morgan fingerprint density at radius 3 is 2.59 bits per heavy atom. The Hall–Kier alpha value is -1.38. The highest BCUT2D eigenvalue weighted by Gasteiger charge is 2.03. The molecule has 0 aliphatic rings. The molecule has 5 nitrogen and oxygen atoms in total. The van der Waals surface area contributed by atoms with Crippen LogP contribution in [0.2, 0.25) is 0 Å². The first kappa shape index (κ1) is 18.7. The number of carbonyl (C=O) groups excluding carboxylic acids is 1. The van der Waals surface area contributed by atoms with Crippen LogP contribution in [0.1, 0.15) is 6.42 Å². The van der Waals surface area contributed by atoms with Crippen molar-refractivity contribution in [2.45, 2.75) is 11.3 Å². The van der Waals surface area contributed by atoms with Gasteiger partial charge in [0.25, 0.3) is 0 Å². The van der Waals surface area contributed by atoms with Gasteiger partial charge in [-0.2, -0.15) is 0 Å². The minimum Gasteiger partial charge on any atom is -0.356 e. The molecule has 1 aromatic rings. The average molecular weight is 345 g/mol. The van der Waals surface area contributed by atoms with Crippen LogP contribution < -0.4 is 21.1 Å². The predicted molar refractivity (Wildman–Crippen MR) is 91.3 cm³/mol. The first-order valence-electron chi connectivity index (χ1n) is 6.97. The standard InChI is InChI=1S/C14H21FN4OS2/c1-19(2)9-8-16-14(21)18-17-13(20)7-10-22-12-5-3-11(15)4-6-12/h3-6H,7-10H2,1-2H3,(H,17,20)(H2,16,18,21)/p+1. The summed E-state index contributed by atoms with van der Waals surface area (Å²) in [4.78, 5) is 13.9. The monoisotopic (exact) mass is 345 g/mol. The fourth-order valence-corrected chi connectivity index (χ4v) is 2.46. The summed E-state index contributed by atoms with van der Waals surface area (Å²) in [6, 6.07) is 6.21. The van der Waals surface area contributed by atoms with E-state index in [1.807, 2.05) is 0 Å². The van der Waals surface area contributed by atoms with E-state index >= 15 is 0 Å². The summed E-state index contributed by atoms with van der Waals surface area (Å²) in [5.41, 5.74) is 5.21. The summed E-state index contributed by atoms with van der Waals surface area (Å²) in [6.07, 6.45) is 0.347. The van der Waals surface area contributed by atoms with Crippen LogP contribution in [0.5, 0.6) is 0 Å². The Labute approximate surface area is 140 Å². The summed E-state index contributed by atoms with van der Waals surface area (Å²) in [5, 5.41) is 3.40. The first-order valence-corrected chi connectivity index (χ1v) is 8.37. The van der Waals surface area contributed by atoms with Crippen molar-refractivity contribution in [2.75, 3.05) is 32.9 Å². The van der Waals surface area contributed by atoms with Gasteiger partial charge in [0.05, 0.1) is 27.2 Å². The number of benzene rings is 1. The van der Waals surface area contributed by atoms with Crippen LogP contribution in [-0.2, 0) is 4.79 Å². The average Bonchev–Trinajstić information content (AvgIpc) is 2.47. The zero-order valence-electron chi connectivity index (χ0n) is 12.7. The molecule has 0 aromatic heterocycles. The lowest BCUT2D eigenvalue weighted by Gasteiger charge is -2.12. The number of hydrazine groups is 1. The van der Waals surface area contributed by atoms with Crippen LogP contribution in [0.4, 0.5) is 4.39 Å². The second-order valence-corrected chi connectivity index (χ2v) is 6.52. The number of halogens is 1. The molecular weight excluding hydrogens is 323 g/mol. The van der Waals surface area contributed by atoms with Crippen LogP contribution in [0.15, 0.2) is 29.2 Å². The number of thioether (sulfide) groups is 1. The summed E-state index contributed by atoms with van der Waals surface area (Å²) in [6.45, 7) is 1.68. The van der Waals surface area contributed by atoms with E-state index in [1.54, 1.807) is 12.1 Å². The number of quaternary nitrogens is 1. The lowest BCUT2D eigenvalue weighted by Crippen LogP contribution is -3.06. The molecule has 0 atom stereocenters. The smallest absolute Gasteiger partial charge is 0.239 e. The molecule has 0 unspecified atom stereocenters. The van der Waals surface area contributed by atoms with E-state index in [4.69, 9.17) is 12.2 Å². The van der Waals surface area contributed by atoms with Crippen molar-refractivity contribution in [3.8, 4) is 0 Å².